The summed E-state index contributed by atoms with van der Waals surface area (Å²) in [6.07, 6.45) is -2.52. The minimum Gasteiger partial charge on any atom is -0.348 e. The van der Waals surface area contributed by atoms with Crippen molar-refractivity contribution in [2.45, 2.75) is 31.6 Å². The number of pyridine rings is 1. The molecule has 3 rings (SSSR count). The Morgan fingerprint density at radius 3 is 2.76 bits per heavy atom. The number of nitrogens with one attached hydrogen (secondary N) is 1. The van der Waals surface area contributed by atoms with E-state index in [1.807, 2.05) is 24.3 Å². The van der Waals surface area contributed by atoms with E-state index in [9.17, 15) is 22.8 Å². The number of aromatic nitrogens is 1. The minimum atomic E-state index is -4.65. The van der Waals surface area contributed by atoms with Crippen LogP contribution in [0.5, 0.6) is 0 Å². The second kappa shape index (κ2) is 6.55. The van der Waals surface area contributed by atoms with Crippen LogP contribution in [0.25, 0.3) is 0 Å². The molecule has 0 saturated carbocycles. The lowest BCUT2D eigenvalue weighted by atomic mass is 10.1. The highest BCUT2D eigenvalue weighted by Crippen LogP contribution is 2.31. The van der Waals surface area contributed by atoms with Crippen LogP contribution in [0.1, 0.15) is 29.2 Å². The summed E-state index contributed by atoms with van der Waals surface area (Å²) >= 11 is 5.58. The Morgan fingerprint density at radius 2 is 2.04 bits per heavy atom. The average Bonchev–Trinajstić information content (AvgIpc) is 2.94. The van der Waals surface area contributed by atoms with Crippen molar-refractivity contribution in [1.82, 2.24) is 9.88 Å². The maximum atomic E-state index is 12.8. The lowest BCUT2D eigenvalue weighted by Gasteiger charge is -2.16. The molecule has 0 radical (unpaired) electrons. The van der Waals surface area contributed by atoms with Crippen molar-refractivity contribution < 1.29 is 18.0 Å². The standard InChI is InChI=1S/C17H14ClF3N2O2/c18-13-7-11(17(19,20)21)8-23(16(13)25)9-15(24)22-14-6-5-10-3-1-2-4-12(10)14/h1-4,7-8,14H,5-6,9H2,(H,22,24). The molecule has 0 spiro atoms. The van der Waals surface area contributed by atoms with Gasteiger partial charge in [0.15, 0.2) is 0 Å². The zero-order valence-corrected chi connectivity index (χ0v) is 13.7. The van der Waals surface area contributed by atoms with E-state index in [-0.39, 0.29) is 6.04 Å². The first kappa shape index (κ1) is 17.5. The average molecular weight is 371 g/mol. The number of carbonyl (C=O) groups excluding carboxylic acids is 1. The highest BCUT2D eigenvalue weighted by Gasteiger charge is 2.32. The number of hydrogen-bond acceptors (Lipinski definition) is 2. The Morgan fingerprint density at radius 1 is 1.32 bits per heavy atom. The second-order valence-electron chi connectivity index (χ2n) is 5.87. The third-order valence-corrected chi connectivity index (χ3v) is 4.42. The van der Waals surface area contributed by atoms with Crippen LogP contribution in [0, 0.1) is 0 Å². The zero-order valence-electron chi connectivity index (χ0n) is 12.9. The first-order valence-electron chi connectivity index (χ1n) is 7.60. The van der Waals surface area contributed by atoms with E-state index in [1.165, 1.54) is 0 Å². The molecule has 1 atom stereocenters. The van der Waals surface area contributed by atoms with Crippen LogP contribution in [0.15, 0.2) is 41.3 Å². The first-order chi connectivity index (χ1) is 11.8. The normalized spacial score (nSPS) is 16.6. The number of benzene rings is 1. The van der Waals surface area contributed by atoms with Crippen molar-refractivity contribution >= 4 is 17.5 Å². The van der Waals surface area contributed by atoms with Crippen molar-refractivity contribution in [2.24, 2.45) is 0 Å². The fraction of sp³-hybridized carbons (Fsp3) is 0.294. The molecule has 1 N–H and O–H groups in total. The summed E-state index contributed by atoms with van der Waals surface area (Å²) in [4.78, 5) is 24.1. The number of fused-ring (bicyclic) bond motifs is 1. The smallest absolute Gasteiger partial charge is 0.348 e. The van der Waals surface area contributed by atoms with Gasteiger partial charge in [-0.05, 0) is 30.0 Å². The molecule has 1 aromatic carbocycles. The van der Waals surface area contributed by atoms with Crippen molar-refractivity contribution in [2.75, 3.05) is 0 Å². The Labute approximate surface area is 146 Å². The Bertz CT molecular complexity index is 877. The Hall–Kier alpha value is -2.28. The predicted molar refractivity (Wildman–Crippen MR) is 86.4 cm³/mol. The monoisotopic (exact) mass is 370 g/mol. The van der Waals surface area contributed by atoms with E-state index < -0.39 is 34.8 Å². The molecule has 25 heavy (non-hydrogen) atoms. The van der Waals surface area contributed by atoms with E-state index in [1.54, 1.807) is 0 Å². The molecule has 0 fully saturated rings. The van der Waals surface area contributed by atoms with Crippen LogP contribution in [0.3, 0.4) is 0 Å². The molecule has 1 amide bonds. The Balaban J connectivity index is 1.78. The molecule has 132 valence electrons. The van der Waals surface area contributed by atoms with Gasteiger partial charge in [-0.1, -0.05) is 35.9 Å². The molecular formula is C17H14ClF3N2O2. The molecule has 8 heteroatoms. The highest BCUT2D eigenvalue weighted by atomic mass is 35.5. The van der Waals surface area contributed by atoms with E-state index in [2.05, 4.69) is 5.32 Å². The summed E-state index contributed by atoms with van der Waals surface area (Å²) in [6, 6.07) is 8.00. The predicted octanol–water partition coefficient (Wildman–Crippen LogP) is 3.32. The summed E-state index contributed by atoms with van der Waals surface area (Å²) in [5.74, 6) is -0.542. The first-order valence-corrected chi connectivity index (χ1v) is 7.98. The van der Waals surface area contributed by atoms with Gasteiger partial charge in [0, 0.05) is 6.20 Å². The molecule has 4 nitrogen and oxygen atoms in total. The summed E-state index contributed by atoms with van der Waals surface area (Å²) in [5.41, 5.74) is 0.213. The van der Waals surface area contributed by atoms with Gasteiger partial charge in [0.1, 0.15) is 11.6 Å². The van der Waals surface area contributed by atoms with Gasteiger partial charge in [0.25, 0.3) is 5.56 Å². The maximum Gasteiger partial charge on any atom is 0.417 e. The molecule has 2 aromatic rings. The zero-order chi connectivity index (χ0) is 18.2. The van der Waals surface area contributed by atoms with Crippen LogP contribution >= 0.6 is 11.6 Å². The molecule has 1 aliphatic carbocycles. The lowest BCUT2D eigenvalue weighted by molar-refractivity contribution is -0.138. The van der Waals surface area contributed by atoms with Crippen molar-refractivity contribution in [3.05, 3.63) is 68.6 Å². The van der Waals surface area contributed by atoms with Gasteiger partial charge >= 0.3 is 6.18 Å². The fourth-order valence-electron chi connectivity index (χ4n) is 2.97. The van der Waals surface area contributed by atoms with Gasteiger partial charge in [0.2, 0.25) is 5.91 Å². The molecule has 1 unspecified atom stereocenters. The van der Waals surface area contributed by atoms with Crippen LogP contribution in [-0.4, -0.2) is 10.5 Å². The van der Waals surface area contributed by atoms with Gasteiger partial charge in [0.05, 0.1) is 11.6 Å². The number of halogens is 4. The number of amides is 1. The summed E-state index contributed by atoms with van der Waals surface area (Å²) < 4.78 is 39.2. The second-order valence-corrected chi connectivity index (χ2v) is 6.27. The van der Waals surface area contributed by atoms with Gasteiger partial charge in [-0.15, -0.1) is 0 Å². The third-order valence-electron chi connectivity index (χ3n) is 4.15. The quantitative estimate of drug-likeness (QED) is 0.901. The van der Waals surface area contributed by atoms with Gasteiger partial charge in [-0.3, -0.25) is 9.59 Å². The van der Waals surface area contributed by atoms with Crippen LogP contribution in [-0.2, 0) is 23.9 Å². The minimum absolute atomic E-state index is 0.208. The lowest BCUT2D eigenvalue weighted by Crippen LogP contribution is -2.34. The largest absolute Gasteiger partial charge is 0.417 e. The van der Waals surface area contributed by atoms with E-state index in [4.69, 9.17) is 11.6 Å². The molecule has 0 aliphatic heterocycles. The molecule has 0 bridgehead atoms. The molecular weight excluding hydrogens is 357 g/mol. The number of alkyl halides is 3. The van der Waals surface area contributed by atoms with E-state index in [0.29, 0.717) is 23.3 Å². The topological polar surface area (TPSA) is 51.1 Å². The van der Waals surface area contributed by atoms with Crippen LogP contribution in [0.2, 0.25) is 5.02 Å². The maximum absolute atomic E-state index is 12.8. The number of nitrogens with zero attached hydrogens (tertiary/aromatic N) is 1. The van der Waals surface area contributed by atoms with Gasteiger partial charge in [-0.25, -0.2) is 0 Å². The number of rotatable bonds is 3. The van der Waals surface area contributed by atoms with Gasteiger partial charge < -0.3 is 9.88 Å². The van der Waals surface area contributed by atoms with E-state index >= 15 is 0 Å². The van der Waals surface area contributed by atoms with Crippen LogP contribution < -0.4 is 10.9 Å². The number of hydrogen-bond donors (Lipinski definition) is 1. The molecule has 0 saturated heterocycles. The van der Waals surface area contributed by atoms with E-state index in [0.717, 1.165) is 17.5 Å². The Kier molecular flexibility index (Phi) is 4.60. The summed E-state index contributed by atoms with van der Waals surface area (Å²) in [6.45, 7) is -0.527. The highest BCUT2D eigenvalue weighted by molar-refractivity contribution is 6.30. The summed E-state index contributed by atoms with van der Waals surface area (Å²) in [7, 11) is 0. The molecule has 1 aliphatic rings. The van der Waals surface area contributed by atoms with Crippen molar-refractivity contribution in [1.29, 1.82) is 0 Å². The van der Waals surface area contributed by atoms with Gasteiger partial charge in [-0.2, -0.15) is 13.2 Å². The number of carbonyl (C=O) groups is 1. The SMILES string of the molecule is O=C(Cn1cc(C(F)(F)F)cc(Cl)c1=O)NC1CCc2ccccc21. The van der Waals surface area contributed by atoms with Crippen molar-refractivity contribution in [3.63, 3.8) is 0 Å². The fourth-order valence-corrected chi connectivity index (χ4v) is 3.20. The third kappa shape index (κ3) is 3.71. The molecule has 1 heterocycles. The van der Waals surface area contributed by atoms with Crippen LogP contribution in [0.4, 0.5) is 13.2 Å². The number of aryl methyl sites for hydroxylation is 1. The summed E-state index contributed by atoms with van der Waals surface area (Å²) in [5, 5.41) is 2.19. The van der Waals surface area contributed by atoms with Crippen molar-refractivity contribution in [3.8, 4) is 0 Å². The molecule has 1 aromatic heterocycles.